The fraction of sp³-hybridized carbons (Fsp3) is 0. The highest BCUT2D eigenvalue weighted by Crippen LogP contribution is 2.46. The van der Waals surface area contributed by atoms with Crippen molar-refractivity contribution in [3.63, 3.8) is 0 Å². The molecule has 9 aromatic rings. The SMILES string of the molecule is Clc1cc(-c2cc3c4ccccc4n(-c4ccccc4)c3c3c2oc2ccccc23)cc(N(c2ccccc2)c2ccccc2)c1. The molecule has 218 valence electrons. The van der Waals surface area contributed by atoms with Gasteiger partial charge in [-0.05, 0) is 78.4 Å². The predicted molar refractivity (Wildman–Crippen MR) is 193 cm³/mol. The van der Waals surface area contributed by atoms with Gasteiger partial charge in [-0.3, -0.25) is 0 Å². The lowest BCUT2D eigenvalue weighted by Crippen LogP contribution is -2.09. The number of rotatable bonds is 5. The van der Waals surface area contributed by atoms with E-state index in [9.17, 15) is 0 Å². The van der Waals surface area contributed by atoms with Crippen LogP contribution >= 0.6 is 11.6 Å². The van der Waals surface area contributed by atoms with Gasteiger partial charge in [0.15, 0.2) is 0 Å². The third-order valence-corrected chi connectivity index (χ3v) is 8.99. The molecule has 0 aliphatic carbocycles. The molecule has 0 fully saturated rings. The largest absolute Gasteiger partial charge is 0.455 e. The van der Waals surface area contributed by atoms with E-state index in [4.69, 9.17) is 16.0 Å². The van der Waals surface area contributed by atoms with Crippen molar-refractivity contribution in [3.8, 4) is 16.8 Å². The lowest BCUT2D eigenvalue weighted by Gasteiger charge is -2.26. The molecule has 2 aromatic heterocycles. The summed E-state index contributed by atoms with van der Waals surface area (Å²) in [4.78, 5) is 2.24. The number of halogens is 1. The Morgan fingerprint density at radius 3 is 1.85 bits per heavy atom. The Balaban J connectivity index is 1.39. The fourth-order valence-corrected chi connectivity index (χ4v) is 7.09. The molecule has 0 unspecified atom stereocenters. The molecular weight excluding hydrogens is 584 g/mol. The highest BCUT2D eigenvalue weighted by Gasteiger charge is 2.23. The lowest BCUT2D eigenvalue weighted by molar-refractivity contribution is 0.670. The molecule has 0 saturated carbocycles. The predicted octanol–water partition coefficient (Wildman–Crippen LogP) is 12.5. The van der Waals surface area contributed by atoms with Crippen LogP contribution in [0.3, 0.4) is 0 Å². The summed E-state index contributed by atoms with van der Waals surface area (Å²) in [6, 6.07) is 56.9. The number of hydrogen-bond donors (Lipinski definition) is 0. The number of nitrogens with zero attached hydrogens (tertiary/aromatic N) is 2. The lowest BCUT2D eigenvalue weighted by atomic mass is 9.97. The Kier molecular flexibility index (Phi) is 6.19. The summed E-state index contributed by atoms with van der Waals surface area (Å²) < 4.78 is 9.14. The molecule has 0 aliphatic heterocycles. The Hall–Kier alpha value is -5.77. The number of fused-ring (bicyclic) bond motifs is 7. The van der Waals surface area contributed by atoms with Crippen LogP contribution in [0.4, 0.5) is 17.1 Å². The average Bonchev–Trinajstić information content (AvgIpc) is 3.65. The van der Waals surface area contributed by atoms with Gasteiger partial charge in [-0.25, -0.2) is 0 Å². The molecular formula is C42H27ClN2O. The summed E-state index contributed by atoms with van der Waals surface area (Å²) in [6.07, 6.45) is 0. The molecule has 0 bridgehead atoms. The van der Waals surface area contributed by atoms with Gasteiger partial charge >= 0.3 is 0 Å². The topological polar surface area (TPSA) is 21.3 Å². The van der Waals surface area contributed by atoms with Crippen molar-refractivity contribution in [3.05, 3.63) is 169 Å². The van der Waals surface area contributed by atoms with Crippen molar-refractivity contribution in [1.82, 2.24) is 4.57 Å². The molecule has 46 heavy (non-hydrogen) atoms. The van der Waals surface area contributed by atoms with Crippen molar-refractivity contribution in [2.45, 2.75) is 0 Å². The van der Waals surface area contributed by atoms with Crippen molar-refractivity contribution >= 4 is 72.4 Å². The summed E-state index contributed by atoms with van der Waals surface area (Å²) in [5.41, 5.74) is 10.2. The summed E-state index contributed by atoms with van der Waals surface area (Å²) in [5.74, 6) is 0. The first-order valence-corrected chi connectivity index (χ1v) is 15.8. The Bertz CT molecular complexity index is 2490. The van der Waals surface area contributed by atoms with Crippen LogP contribution in [-0.4, -0.2) is 4.57 Å². The van der Waals surface area contributed by atoms with Gasteiger partial charge in [0.25, 0.3) is 0 Å². The number of anilines is 3. The number of aromatic nitrogens is 1. The van der Waals surface area contributed by atoms with E-state index in [-0.39, 0.29) is 0 Å². The number of hydrogen-bond acceptors (Lipinski definition) is 2. The minimum atomic E-state index is 0.653. The van der Waals surface area contributed by atoms with Crippen molar-refractivity contribution in [2.24, 2.45) is 0 Å². The van der Waals surface area contributed by atoms with Crippen LogP contribution in [0, 0.1) is 0 Å². The second-order valence-corrected chi connectivity index (χ2v) is 12.0. The zero-order valence-electron chi connectivity index (χ0n) is 24.8. The van der Waals surface area contributed by atoms with Gasteiger partial charge < -0.3 is 13.9 Å². The van der Waals surface area contributed by atoms with Gasteiger partial charge in [0.05, 0.1) is 16.4 Å². The van der Waals surface area contributed by atoms with E-state index in [0.717, 1.165) is 72.2 Å². The summed E-state index contributed by atoms with van der Waals surface area (Å²) >= 11 is 6.98. The van der Waals surface area contributed by atoms with E-state index in [1.165, 1.54) is 5.39 Å². The maximum absolute atomic E-state index is 6.98. The number of furan rings is 1. The number of benzene rings is 7. The van der Waals surface area contributed by atoms with E-state index in [2.05, 4.69) is 143 Å². The molecule has 0 N–H and O–H groups in total. The third kappa shape index (κ3) is 4.21. The molecule has 3 nitrogen and oxygen atoms in total. The first-order chi connectivity index (χ1) is 22.7. The summed E-state index contributed by atoms with van der Waals surface area (Å²) in [7, 11) is 0. The second-order valence-electron chi connectivity index (χ2n) is 11.5. The van der Waals surface area contributed by atoms with Crippen LogP contribution in [0.15, 0.2) is 168 Å². The molecule has 0 radical (unpaired) electrons. The summed E-state index contributed by atoms with van der Waals surface area (Å²) in [5, 5.41) is 5.18. The molecule has 0 amide bonds. The van der Waals surface area contributed by atoms with E-state index < -0.39 is 0 Å². The van der Waals surface area contributed by atoms with Crippen LogP contribution in [0.5, 0.6) is 0 Å². The van der Waals surface area contributed by atoms with Crippen molar-refractivity contribution in [2.75, 3.05) is 4.90 Å². The average molecular weight is 611 g/mol. The molecule has 0 atom stereocenters. The zero-order chi connectivity index (χ0) is 30.6. The van der Waals surface area contributed by atoms with Crippen molar-refractivity contribution < 1.29 is 4.42 Å². The molecule has 0 saturated heterocycles. The molecule has 7 aromatic carbocycles. The minimum absolute atomic E-state index is 0.653. The molecule has 4 heteroatoms. The second kappa shape index (κ2) is 10.7. The third-order valence-electron chi connectivity index (χ3n) is 8.77. The van der Waals surface area contributed by atoms with E-state index in [0.29, 0.717) is 5.02 Å². The normalized spacial score (nSPS) is 11.6. The van der Waals surface area contributed by atoms with E-state index in [1.54, 1.807) is 0 Å². The Labute approximate surface area is 271 Å². The van der Waals surface area contributed by atoms with Gasteiger partial charge in [0.2, 0.25) is 0 Å². The molecule has 0 spiro atoms. The standard InChI is InChI=1S/C42H27ClN2O/c43-29-24-28(25-33(26-29)44(30-14-4-1-5-15-30)31-16-6-2-7-17-31)36-27-37-34-20-10-12-22-38(34)45(32-18-8-3-9-19-32)41(37)40-35-21-11-13-23-39(35)46-42(36)40/h1-27H. The highest BCUT2D eigenvalue weighted by atomic mass is 35.5. The van der Waals surface area contributed by atoms with E-state index >= 15 is 0 Å². The highest BCUT2D eigenvalue weighted by molar-refractivity contribution is 6.32. The molecule has 2 heterocycles. The minimum Gasteiger partial charge on any atom is -0.455 e. The Morgan fingerprint density at radius 2 is 1.13 bits per heavy atom. The van der Waals surface area contributed by atoms with Gasteiger partial charge in [0.1, 0.15) is 11.2 Å². The van der Waals surface area contributed by atoms with Crippen molar-refractivity contribution in [1.29, 1.82) is 0 Å². The van der Waals surface area contributed by atoms with Gasteiger partial charge in [-0.1, -0.05) is 103 Å². The first-order valence-electron chi connectivity index (χ1n) is 15.4. The molecule has 0 aliphatic rings. The maximum Gasteiger partial charge on any atom is 0.145 e. The zero-order valence-corrected chi connectivity index (χ0v) is 25.5. The van der Waals surface area contributed by atoms with Crippen LogP contribution in [0.25, 0.3) is 60.6 Å². The van der Waals surface area contributed by atoms with Gasteiger partial charge in [-0.15, -0.1) is 0 Å². The molecule has 9 rings (SSSR count). The smallest absolute Gasteiger partial charge is 0.145 e. The van der Waals surface area contributed by atoms with Crippen LogP contribution in [0.1, 0.15) is 0 Å². The fourth-order valence-electron chi connectivity index (χ4n) is 6.86. The Morgan fingerprint density at radius 1 is 0.522 bits per heavy atom. The summed E-state index contributed by atoms with van der Waals surface area (Å²) in [6.45, 7) is 0. The van der Waals surface area contributed by atoms with Gasteiger partial charge in [-0.2, -0.15) is 0 Å². The number of para-hydroxylation sites is 5. The van der Waals surface area contributed by atoms with E-state index in [1.807, 2.05) is 30.3 Å². The first kappa shape index (κ1) is 26.6. The van der Waals surface area contributed by atoms with Gasteiger partial charge in [0, 0.05) is 49.5 Å². The van der Waals surface area contributed by atoms with Crippen LogP contribution < -0.4 is 4.90 Å². The maximum atomic E-state index is 6.98. The monoisotopic (exact) mass is 610 g/mol. The quantitative estimate of drug-likeness (QED) is 0.193. The van der Waals surface area contributed by atoms with Crippen LogP contribution in [-0.2, 0) is 0 Å². The van der Waals surface area contributed by atoms with Crippen LogP contribution in [0.2, 0.25) is 5.02 Å².